The van der Waals surface area contributed by atoms with E-state index in [-0.39, 0.29) is 11.6 Å². The lowest BCUT2D eigenvalue weighted by atomic mass is 10.2. The third-order valence-electron chi connectivity index (χ3n) is 4.52. The van der Waals surface area contributed by atoms with Gasteiger partial charge in [0.15, 0.2) is 5.11 Å². The summed E-state index contributed by atoms with van der Waals surface area (Å²) in [5.41, 5.74) is 0.917. The molecule has 0 aliphatic carbocycles. The average molecular weight is 490 g/mol. The Bertz CT molecular complexity index is 1110. The second-order valence-corrected chi connectivity index (χ2v) is 8.74. The Morgan fingerprint density at radius 3 is 2.15 bits per heavy atom. The summed E-state index contributed by atoms with van der Waals surface area (Å²) in [7, 11) is 0. The van der Waals surface area contributed by atoms with Crippen molar-refractivity contribution >= 4 is 52.1 Å². The summed E-state index contributed by atoms with van der Waals surface area (Å²) in [5.74, 6) is -0.360. The van der Waals surface area contributed by atoms with Crippen LogP contribution in [0.1, 0.15) is 18.9 Å². The molecule has 0 saturated carbocycles. The molecule has 1 unspecified atom stereocenters. The van der Waals surface area contributed by atoms with Crippen LogP contribution >= 0.6 is 24.0 Å². The van der Waals surface area contributed by atoms with Gasteiger partial charge in [-0.2, -0.15) is 13.2 Å². The van der Waals surface area contributed by atoms with Gasteiger partial charge in [0.2, 0.25) is 5.91 Å². The molecule has 0 saturated heterocycles. The number of carbonyl (C=O) groups excluding carboxylic acids is 1. The lowest BCUT2D eigenvalue weighted by molar-refractivity contribution is -0.137. The largest absolute Gasteiger partial charge is 0.416 e. The van der Waals surface area contributed by atoms with Crippen LogP contribution in [0.3, 0.4) is 0 Å². The van der Waals surface area contributed by atoms with Crippen molar-refractivity contribution in [2.75, 3.05) is 16.0 Å². The zero-order valence-electron chi connectivity index (χ0n) is 17.6. The van der Waals surface area contributed by atoms with Crippen LogP contribution < -0.4 is 16.0 Å². The summed E-state index contributed by atoms with van der Waals surface area (Å²) in [5, 5.41) is 8.74. The topological polar surface area (TPSA) is 53.2 Å². The molecule has 0 fully saturated rings. The first-order valence-corrected chi connectivity index (χ1v) is 11.4. The van der Waals surface area contributed by atoms with Crippen molar-refractivity contribution in [3.8, 4) is 0 Å². The molecule has 0 aliphatic rings. The van der Waals surface area contributed by atoms with Crippen molar-refractivity contribution in [2.45, 2.75) is 29.7 Å². The summed E-state index contributed by atoms with van der Waals surface area (Å²) in [6.45, 7) is 1.85. The van der Waals surface area contributed by atoms with Gasteiger partial charge in [-0.3, -0.25) is 4.79 Å². The van der Waals surface area contributed by atoms with Crippen LogP contribution in [-0.4, -0.2) is 16.3 Å². The number of carbonyl (C=O) groups is 1. The van der Waals surface area contributed by atoms with Gasteiger partial charge in [0, 0.05) is 22.0 Å². The van der Waals surface area contributed by atoms with Gasteiger partial charge in [0.05, 0.1) is 10.8 Å². The molecule has 172 valence electrons. The van der Waals surface area contributed by atoms with Crippen LogP contribution in [0, 0.1) is 0 Å². The molecule has 0 aromatic heterocycles. The van der Waals surface area contributed by atoms with Gasteiger partial charge in [0.1, 0.15) is 0 Å². The zero-order chi connectivity index (χ0) is 23.8. The molecular weight excluding hydrogens is 467 g/mol. The molecule has 0 bridgehead atoms. The Hall–Kier alpha value is -3.04. The van der Waals surface area contributed by atoms with E-state index in [1.165, 1.54) is 23.9 Å². The molecule has 0 aliphatic heterocycles. The van der Waals surface area contributed by atoms with Gasteiger partial charge < -0.3 is 16.0 Å². The van der Waals surface area contributed by atoms with Crippen LogP contribution in [0.25, 0.3) is 0 Å². The lowest BCUT2D eigenvalue weighted by Crippen LogP contribution is -2.24. The molecule has 0 heterocycles. The first-order valence-electron chi connectivity index (χ1n) is 10.1. The van der Waals surface area contributed by atoms with Gasteiger partial charge in [0.25, 0.3) is 0 Å². The standard InChI is InChI=1S/C24H22F3N3OS2/c1-2-21(22(31)28-18-11-6-8-16(14-18)24(25,26)27)33-20-13-7-12-19(15-20)30-23(32)29-17-9-4-3-5-10-17/h3-15,21H,2H2,1H3,(H,28,31)(H2,29,30,32). The van der Waals surface area contributed by atoms with Gasteiger partial charge >= 0.3 is 6.18 Å². The quantitative estimate of drug-likeness (QED) is 0.246. The number of rotatable bonds is 7. The van der Waals surface area contributed by atoms with Gasteiger partial charge in [-0.1, -0.05) is 37.3 Å². The van der Waals surface area contributed by atoms with Crippen LogP contribution in [0.2, 0.25) is 0 Å². The fourth-order valence-electron chi connectivity index (χ4n) is 2.94. The highest BCUT2D eigenvalue weighted by atomic mass is 32.2. The SMILES string of the molecule is CCC(Sc1cccc(NC(=S)Nc2ccccc2)c1)C(=O)Nc1cccc(C(F)(F)F)c1. The van der Waals surface area contributed by atoms with Crippen molar-refractivity contribution in [3.05, 3.63) is 84.4 Å². The number of hydrogen-bond donors (Lipinski definition) is 3. The molecule has 3 aromatic rings. The zero-order valence-corrected chi connectivity index (χ0v) is 19.3. The Morgan fingerprint density at radius 1 is 0.879 bits per heavy atom. The van der Waals surface area contributed by atoms with Crippen LogP contribution in [0.5, 0.6) is 0 Å². The molecule has 3 N–H and O–H groups in total. The third kappa shape index (κ3) is 7.50. The number of thiocarbonyl (C=S) groups is 1. The first-order chi connectivity index (χ1) is 15.7. The van der Waals surface area contributed by atoms with Gasteiger partial charge in [-0.15, -0.1) is 11.8 Å². The van der Waals surface area contributed by atoms with Gasteiger partial charge in [-0.05, 0) is 67.2 Å². The Morgan fingerprint density at radius 2 is 1.48 bits per heavy atom. The summed E-state index contributed by atoms with van der Waals surface area (Å²) in [6, 6.07) is 21.5. The molecule has 1 atom stereocenters. The normalized spacial score (nSPS) is 12.0. The summed E-state index contributed by atoms with van der Waals surface area (Å²) < 4.78 is 38.8. The Kier molecular flexibility index (Phi) is 8.35. The minimum absolute atomic E-state index is 0.113. The Labute approximate surface area is 200 Å². The van der Waals surface area contributed by atoms with Crippen LogP contribution in [-0.2, 0) is 11.0 Å². The van der Waals surface area contributed by atoms with E-state index in [4.69, 9.17) is 12.2 Å². The highest BCUT2D eigenvalue weighted by Gasteiger charge is 2.30. The fourth-order valence-corrected chi connectivity index (χ4v) is 4.19. The average Bonchev–Trinajstić information content (AvgIpc) is 2.78. The highest BCUT2D eigenvalue weighted by Crippen LogP contribution is 2.32. The van der Waals surface area contributed by atoms with Crippen LogP contribution in [0.4, 0.5) is 30.2 Å². The number of thioether (sulfide) groups is 1. The van der Waals surface area contributed by atoms with Crippen molar-refractivity contribution < 1.29 is 18.0 Å². The molecular formula is C24H22F3N3OS2. The van der Waals surface area contributed by atoms with Crippen molar-refractivity contribution in [3.63, 3.8) is 0 Å². The maximum Gasteiger partial charge on any atom is 0.416 e. The molecule has 4 nitrogen and oxygen atoms in total. The number of hydrogen-bond acceptors (Lipinski definition) is 3. The molecule has 1 amide bonds. The number of nitrogens with one attached hydrogen (secondary N) is 3. The van der Waals surface area contributed by atoms with E-state index in [0.717, 1.165) is 28.4 Å². The summed E-state index contributed by atoms with van der Waals surface area (Å²) in [6.07, 6.45) is -3.97. The number of anilines is 3. The van der Waals surface area contributed by atoms with Crippen molar-refractivity contribution in [1.82, 2.24) is 0 Å². The van der Waals surface area contributed by atoms with E-state index in [9.17, 15) is 18.0 Å². The molecule has 9 heteroatoms. The number of benzene rings is 3. The monoisotopic (exact) mass is 489 g/mol. The maximum atomic E-state index is 12.9. The van der Waals surface area contributed by atoms with Crippen molar-refractivity contribution in [1.29, 1.82) is 0 Å². The van der Waals surface area contributed by atoms with Crippen molar-refractivity contribution in [2.24, 2.45) is 0 Å². The van der Waals surface area contributed by atoms with E-state index in [1.54, 1.807) is 0 Å². The van der Waals surface area contributed by atoms with Gasteiger partial charge in [-0.25, -0.2) is 0 Å². The number of amides is 1. The molecule has 3 aromatic carbocycles. The molecule has 0 radical (unpaired) electrons. The highest BCUT2D eigenvalue weighted by molar-refractivity contribution is 8.00. The third-order valence-corrected chi connectivity index (χ3v) is 6.08. The lowest BCUT2D eigenvalue weighted by Gasteiger charge is -2.16. The summed E-state index contributed by atoms with van der Waals surface area (Å²) in [4.78, 5) is 13.5. The number of para-hydroxylation sites is 1. The minimum atomic E-state index is -4.47. The molecule has 33 heavy (non-hydrogen) atoms. The fraction of sp³-hybridized carbons (Fsp3) is 0.167. The first kappa shape index (κ1) is 24.6. The second kappa shape index (κ2) is 11.2. The predicted molar refractivity (Wildman–Crippen MR) is 133 cm³/mol. The van der Waals surface area contributed by atoms with E-state index in [0.29, 0.717) is 11.5 Å². The predicted octanol–water partition coefficient (Wildman–Crippen LogP) is 7.02. The number of halogens is 3. The number of alkyl halides is 3. The molecule has 3 rings (SSSR count). The second-order valence-electron chi connectivity index (χ2n) is 7.06. The van der Waals surface area contributed by atoms with E-state index in [2.05, 4.69) is 16.0 Å². The summed E-state index contributed by atoms with van der Waals surface area (Å²) >= 11 is 6.68. The smallest absolute Gasteiger partial charge is 0.332 e. The van der Waals surface area contributed by atoms with E-state index in [1.807, 2.05) is 61.5 Å². The minimum Gasteiger partial charge on any atom is -0.332 e. The molecule has 0 spiro atoms. The maximum absolute atomic E-state index is 12.9. The van der Waals surface area contributed by atoms with Crippen LogP contribution in [0.15, 0.2) is 83.8 Å². The van der Waals surface area contributed by atoms with E-state index >= 15 is 0 Å². The van der Waals surface area contributed by atoms with E-state index < -0.39 is 17.0 Å². The Balaban J connectivity index is 1.63.